The molecule has 1 aliphatic rings. The van der Waals surface area contributed by atoms with Crippen molar-refractivity contribution in [2.75, 3.05) is 11.9 Å². The summed E-state index contributed by atoms with van der Waals surface area (Å²) in [5, 5.41) is 23.2. The Labute approximate surface area is 194 Å². The van der Waals surface area contributed by atoms with E-state index in [0.717, 1.165) is 5.56 Å². The van der Waals surface area contributed by atoms with E-state index >= 15 is 0 Å². The summed E-state index contributed by atoms with van der Waals surface area (Å²) in [6.07, 6.45) is -0.665. The molecule has 0 saturated carbocycles. The number of aromatic nitrogens is 4. The molecular formula is C24H23N5O5. The van der Waals surface area contributed by atoms with Gasteiger partial charge >= 0.3 is 0 Å². The lowest BCUT2D eigenvalue weighted by Crippen LogP contribution is -2.35. The summed E-state index contributed by atoms with van der Waals surface area (Å²) < 4.78 is 13.6. The molecule has 10 heteroatoms. The minimum absolute atomic E-state index is 0.247. The van der Waals surface area contributed by atoms with E-state index < -0.39 is 24.5 Å². The molecule has 0 radical (unpaired) electrons. The normalized spacial score (nSPS) is 22.2. The Hall–Kier alpha value is -3.70. The number of hydrogen-bond donors (Lipinski definition) is 3. The van der Waals surface area contributed by atoms with Crippen molar-refractivity contribution in [1.82, 2.24) is 19.5 Å². The molecule has 34 heavy (non-hydrogen) atoms. The first-order valence-electron chi connectivity index (χ1n) is 10.8. The van der Waals surface area contributed by atoms with Crippen molar-refractivity contribution in [2.45, 2.75) is 31.1 Å². The van der Waals surface area contributed by atoms with Crippen LogP contribution in [0.15, 0.2) is 73.3 Å². The number of benzene rings is 2. The number of anilines is 1. The molecule has 3 N–H and O–H groups in total. The zero-order valence-corrected chi connectivity index (χ0v) is 18.1. The number of nitrogens with zero attached hydrogens (tertiary/aromatic N) is 4. The number of fused-ring (bicyclic) bond motifs is 1. The van der Waals surface area contributed by atoms with Gasteiger partial charge in [0.2, 0.25) is 0 Å². The van der Waals surface area contributed by atoms with Crippen LogP contribution in [0.25, 0.3) is 11.2 Å². The van der Waals surface area contributed by atoms with E-state index in [1.165, 1.54) is 12.7 Å². The second kappa shape index (κ2) is 9.65. The monoisotopic (exact) mass is 461 g/mol. The van der Waals surface area contributed by atoms with Crippen LogP contribution in [0.2, 0.25) is 0 Å². The molecule has 0 bridgehead atoms. The van der Waals surface area contributed by atoms with Gasteiger partial charge in [0.15, 0.2) is 23.2 Å². The van der Waals surface area contributed by atoms with Crippen LogP contribution in [0.3, 0.4) is 0 Å². The maximum atomic E-state index is 12.6. The Balaban J connectivity index is 1.43. The van der Waals surface area contributed by atoms with Crippen LogP contribution < -0.4 is 5.32 Å². The van der Waals surface area contributed by atoms with Crippen LogP contribution in [0, 0.1) is 0 Å². The number of amides is 1. The molecule has 174 valence electrons. The van der Waals surface area contributed by atoms with Crippen molar-refractivity contribution in [1.29, 1.82) is 0 Å². The largest absolute Gasteiger partial charge is 0.394 e. The highest BCUT2D eigenvalue weighted by atomic mass is 16.6. The maximum absolute atomic E-state index is 12.6. The topological polar surface area (TPSA) is 132 Å². The average molecular weight is 461 g/mol. The van der Waals surface area contributed by atoms with Gasteiger partial charge in [-0.2, -0.15) is 0 Å². The summed E-state index contributed by atoms with van der Waals surface area (Å²) >= 11 is 0. The minimum Gasteiger partial charge on any atom is -0.394 e. The van der Waals surface area contributed by atoms with Gasteiger partial charge in [0.05, 0.1) is 19.5 Å². The van der Waals surface area contributed by atoms with Crippen molar-refractivity contribution >= 4 is 22.9 Å². The number of nitrogens with one attached hydrogen (secondary N) is 1. The predicted molar refractivity (Wildman–Crippen MR) is 122 cm³/mol. The standard InChI is InChI=1S/C24H23N5O5/c30-11-17-19(31)20(33-12-15-7-3-1-4-8-15)24(34-17)29-14-27-18-21(25-13-26-22(18)29)28-23(32)16-9-5-2-6-10-16/h1-10,13-14,17,19-20,24,30-31H,11-12H2,(H,25,26,28,32)/t17-,19?,20?,24-/m1/s1. The number of hydrogen-bond acceptors (Lipinski definition) is 8. The lowest BCUT2D eigenvalue weighted by atomic mass is 10.1. The highest BCUT2D eigenvalue weighted by molar-refractivity contribution is 6.06. The van der Waals surface area contributed by atoms with Crippen LogP contribution in [0.1, 0.15) is 22.1 Å². The molecule has 2 unspecified atom stereocenters. The second-order valence-electron chi connectivity index (χ2n) is 7.87. The SMILES string of the molecule is O=C(Nc1ncnc2c1ncn2[C@@H]1O[C@H](CO)C(O)C1OCc1ccccc1)c1ccccc1. The Bertz CT molecular complexity index is 1270. The first kappa shape index (κ1) is 22.1. The van der Waals surface area contributed by atoms with Crippen molar-refractivity contribution in [3.05, 3.63) is 84.4 Å². The lowest BCUT2D eigenvalue weighted by molar-refractivity contribution is -0.0761. The summed E-state index contributed by atoms with van der Waals surface area (Å²) in [6, 6.07) is 18.3. The van der Waals surface area contributed by atoms with E-state index in [0.29, 0.717) is 16.7 Å². The highest BCUT2D eigenvalue weighted by Crippen LogP contribution is 2.34. The van der Waals surface area contributed by atoms with Crippen LogP contribution in [0.4, 0.5) is 5.82 Å². The number of aliphatic hydroxyl groups excluding tert-OH is 2. The second-order valence-corrected chi connectivity index (χ2v) is 7.87. The van der Waals surface area contributed by atoms with Gasteiger partial charge in [-0.05, 0) is 17.7 Å². The average Bonchev–Trinajstić information content (AvgIpc) is 3.45. The minimum atomic E-state index is -1.06. The van der Waals surface area contributed by atoms with Crippen LogP contribution >= 0.6 is 0 Å². The smallest absolute Gasteiger partial charge is 0.256 e. The molecule has 1 saturated heterocycles. The summed E-state index contributed by atoms with van der Waals surface area (Å²) in [6.45, 7) is -0.122. The molecule has 1 amide bonds. The van der Waals surface area contributed by atoms with Gasteiger partial charge in [-0.3, -0.25) is 9.36 Å². The van der Waals surface area contributed by atoms with Gasteiger partial charge in [-0.15, -0.1) is 0 Å². The molecule has 5 rings (SSSR count). The molecular weight excluding hydrogens is 438 g/mol. The zero-order chi connectivity index (χ0) is 23.5. The number of carbonyl (C=O) groups excluding carboxylic acids is 1. The molecule has 10 nitrogen and oxygen atoms in total. The summed E-state index contributed by atoms with van der Waals surface area (Å²) in [7, 11) is 0. The molecule has 1 fully saturated rings. The third-order valence-corrected chi connectivity index (χ3v) is 5.68. The zero-order valence-electron chi connectivity index (χ0n) is 18.1. The van der Waals surface area contributed by atoms with E-state index in [1.54, 1.807) is 28.8 Å². The number of carbonyl (C=O) groups is 1. The molecule has 3 heterocycles. The van der Waals surface area contributed by atoms with Crippen molar-refractivity contribution in [3.8, 4) is 0 Å². The molecule has 2 aromatic heterocycles. The maximum Gasteiger partial charge on any atom is 0.256 e. The Morgan fingerprint density at radius 1 is 1.06 bits per heavy atom. The van der Waals surface area contributed by atoms with E-state index in [1.807, 2.05) is 36.4 Å². The summed E-state index contributed by atoms with van der Waals surface area (Å²) in [4.78, 5) is 25.5. The van der Waals surface area contributed by atoms with Crippen LogP contribution in [0.5, 0.6) is 0 Å². The summed E-state index contributed by atoms with van der Waals surface area (Å²) in [5.74, 6) is -0.0799. The number of imidazole rings is 1. The number of rotatable bonds is 7. The Kier molecular flexibility index (Phi) is 6.28. The molecule has 0 aliphatic carbocycles. The molecule has 4 atom stereocenters. The van der Waals surface area contributed by atoms with Gasteiger partial charge in [0.25, 0.3) is 5.91 Å². The Morgan fingerprint density at radius 2 is 1.79 bits per heavy atom. The fourth-order valence-corrected chi connectivity index (χ4v) is 3.94. The van der Waals surface area contributed by atoms with Crippen molar-refractivity contribution < 1.29 is 24.5 Å². The van der Waals surface area contributed by atoms with Gasteiger partial charge < -0.3 is 25.0 Å². The van der Waals surface area contributed by atoms with E-state index in [-0.39, 0.29) is 24.9 Å². The van der Waals surface area contributed by atoms with Gasteiger partial charge in [0, 0.05) is 5.56 Å². The first-order valence-corrected chi connectivity index (χ1v) is 10.8. The van der Waals surface area contributed by atoms with E-state index in [2.05, 4.69) is 20.3 Å². The Morgan fingerprint density at radius 3 is 2.53 bits per heavy atom. The molecule has 2 aromatic carbocycles. The third-order valence-electron chi connectivity index (χ3n) is 5.68. The first-order chi connectivity index (χ1) is 16.7. The fourth-order valence-electron chi connectivity index (χ4n) is 3.94. The van der Waals surface area contributed by atoms with Gasteiger partial charge in [-0.1, -0.05) is 48.5 Å². The summed E-state index contributed by atoms with van der Waals surface area (Å²) in [5.41, 5.74) is 2.17. The molecule has 4 aromatic rings. The van der Waals surface area contributed by atoms with E-state index in [4.69, 9.17) is 9.47 Å². The lowest BCUT2D eigenvalue weighted by Gasteiger charge is -2.22. The van der Waals surface area contributed by atoms with Crippen LogP contribution in [-0.4, -0.2) is 60.6 Å². The quantitative estimate of drug-likeness (QED) is 0.380. The van der Waals surface area contributed by atoms with Crippen LogP contribution in [-0.2, 0) is 16.1 Å². The van der Waals surface area contributed by atoms with Crippen molar-refractivity contribution in [3.63, 3.8) is 0 Å². The number of aliphatic hydroxyl groups is 2. The predicted octanol–water partition coefficient (Wildman–Crippen LogP) is 1.91. The van der Waals surface area contributed by atoms with E-state index in [9.17, 15) is 15.0 Å². The third kappa shape index (κ3) is 4.27. The van der Waals surface area contributed by atoms with Gasteiger partial charge in [0.1, 0.15) is 24.6 Å². The molecule has 1 aliphatic heterocycles. The van der Waals surface area contributed by atoms with Crippen molar-refractivity contribution in [2.24, 2.45) is 0 Å². The number of ether oxygens (including phenoxy) is 2. The highest BCUT2D eigenvalue weighted by Gasteiger charge is 2.46. The fraction of sp³-hybridized carbons (Fsp3) is 0.250. The van der Waals surface area contributed by atoms with Gasteiger partial charge in [-0.25, -0.2) is 15.0 Å². The molecule has 0 spiro atoms.